The zero-order chi connectivity index (χ0) is 14.4. The molecule has 112 valence electrons. The highest BCUT2D eigenvalue weighted by atomic mass is 35.5. The molecule has 0 spiro atoms. The highest BCUT2D eigenvalue weighted by molar-refractivity contribution is 6.32. The predicted molar refractivity (Wildman–Crippen MR) is 84.5 cm³/mol. The standard InChI is InChI=1S/C16H25ClN2O/c1-12(2)20-16-4-3-14(9-15(16)17)11-19-10-13-5-7-18-8-6-13/h3-4,9,12-13,18-19H,5-8,10-11H2,1-2H3. The number of benzene rings is 1. The average Bonchev–Trinajstić information content (AvgIpc) is 2.43. The Balaban J connectivity index is 1.79. The van der Waals surface area contributed by atoms with Gasteiger partial charge < -0.3 is 15.4 Å². The van der Waals surface area contributed by atoms with Crippen molar-refractivity contribution in [2.45, 2.75) is 39.3 Å². The van der Waals surface area contributed by atoms with Crippen molar-refractivity contribution in [3.8, 4) is 5.75 Å². The molecule has 1 fully saturated rings. The van der Waals surface area contributed by atoms with E-state index in [0.29, 0.717) is 5.02 Å². The number of hydrogen-bond donors (Lipinski definition) is 2. The number of nitrogens with one attached hydrogen (secondary N) is 2. The van der Waals surface area contributed by atoms with Crippen LogP contribution in [0, 0.1) is 5.92 Å². The Labute approximate surface area is 127 Å². The van der Waals surface area contributed by atoms with Crippen LogP contribution in [0.5, 0.6) is 5.75 Å². The fourth-order valence-electron chi connectivity index (χ4n) is 2.51. The monoisotopic (exact) mass is 296 g/mol. The van der Waals surface area contributed by atoms with Gasteiger partial charge in [0.05, 0.1) is 11.1 Å². The van der Waals surface area contributed by atoms with Crippen molar-refractivity contribution < 1.29 is 4.74 Å². The maximum absolute atomic E-state index is 6.24. The molecule has 1 aromatic rings. The van der Waals surface area contributed by atoms with E-state index in [1.54, 1.807) is 0 Å². The average molecular weight is 297 g/mol. The van der Waals surface area contributed by atoms with Crippen LogP contribution in [0.15, 0.2) is 18.2 Å². The van der Waals surface area contributed by atoms with E-state index in [1.165, 1.54) is 18.4 Å². The van der Waals surface area contributed by atoms with E-state index >= 15 is 0 Å². The summed E-state index contributed by atoms with van der Waals surface area (Å²) >= 11 is 6.24. The summed E-state index contributed by atoms with van der Waals surface area (Å²) in [6, 6.07) is 6.04. The first-order valence-corrected chi connectivity index (χ1v) is 7.89. The summed E-state index contributed by atoms with van der Waals surface area (Å²) in [6.45, 7) is 8.27. The van der Waals surface area contributed by atoms with Crippen LogP contribution >= 0.6 is 11.6 Å². The van der Waals surface area contributed by atoms with Crippen molar-refractivity contribution in [2.24, 2.45) is 5.92 Å². The van der Waals surface area contributed by atoms with E-state index in [-0.39, 0.29) is 6.10 Å². The molecule has 1 heterocycles. The van der Waals surface area contributed by atoms with Gasteiger partial charge in [-0.05, 0) is 69.9 Å². The lowest BCUT2D eigenvalue weighted by Crippen LogP contribution is -2.33. The second-order valence-corrected chi connectivity index (χ2v) is 6.16. The molecule has 1 aromatic carbocycles. The van der Waals surface area contributed by atoms with Crippen molar-refractivity contribution in [1.29, 1.82) is 0 Å². The molecule has 1 saturated heterocycles. The Kier molecular flexibility index (Phi) is 6.14. The smallest absolute Gasteiger partial charge is 0.138 e. The summed E-state index contributed by atoms with van der Waals surface area (Å²) in [5, 5.41) is 7.62. The largest absolute Gasteiger partial charge is 0.489 e. The number of ether oxygens (including phenoxy) is 1. The normalized spacial score (nSPS) is 16.6. The molecule has 1 aliphatic heterocycles. The summed E-state index contributed by atoms with van der Waals surface area (Å²) in [5.74, 6) is 1.57. The maximum Gasteiger partial charge on any atom is 0.138 e. The first-order valence-electron chi connectivity index (χ1n) is 7.51. The van der Waals surface area contributed by atoms with E-state index < -0.39 is 0 Å². The molecule has 0 bridgehead atoms. The summed E-state index contributed by atoms with van der Waals surface area (Å²) < 4.78 is 5.64. The second kappa shape index (κ2) is 7.87. The van der Waals surface area contributed by atoms with Crippen LogP contribution in [0.25, 0.3) is 0 Å². The molecule has 2 N–H and O–H groups in total. The van der Waals surface area contributed by atoms with E-state index in [4.69, 9.17) is 16.3 Å². The lowest BCUT2D eigenvalue weighted by molar-refractivity contribution is 0.242. The third-order valence-corrected chi connectivity index (χ3v) is 3.88. The van der Waals surface area contributed by atoms with Crippen molar-refractivity contribution in [3.63, 3.8) is 0 Å². The Bertz CT molecular complexity index is 417. The molecule has 0 amide bonds. The van der Waals surface area contributed by atoms with E-state index in [0.717, 1.165) is 37.8 Å². The van der Waals surface area contributed by atoms with Gasteiger partial charge in [-0.25, -0.2) is 0 Å². The third-order valence-electron chi connectivity index (χ3n) is 3.58. The lowest BCUT2D eigenvalue weighted by Gasteiger charge is -2.22. The predicted octanol–water partition coefficient (Wildman–Crippen LogP) is 3.22. The van der Waals surface area contributed by atoms with Crippen molar-refractivity contribution >= 4 is 11.6 Å². The van der Waals surface area contributed by atoms with Crippen molar-refractivity contribution in [3.05, 3.63) is 28.8 Å². The van der Waals surface area contributed by atoms with Gasteiger partial charge in [-0.1, -0.05) is 17.7 Å². The first-order chi connectivity index (χ1) is 9.65. The molecule has 20 heavy (non-hydrogen) atoms. The van der Waals surface area contributed by atoms with E-state index in [9.17, 15) is 0 Å². The zero-order valence-corrected chi connectivity index (χ0v) is 13.2. The highest BCUT2D eigenvalue weighted by Crippen LogP contribution is 2.26. The Hall–Kier alpha value is -0.770. The van der Waals surface area contributed by atoms with Crippen LogP contribution in [0.1, 0.15) is 32.3 Å². The van der Waals surface area contributed by atoms with Gasteiger partial charge in [0.1, 0.15) is 5.75 Å². The Morgan fingerprint density at radius 1 is 1.35 bits per heavy atom. The summed E-state index contributed by atoms with van der Waals surface area (Å²) in [4.78, 5) is 0. The molecule has 0 saturated carbocycles. The zero-order valence-electron chi connectivity index (χ0n) is 12.4. The molecule has 1 aliphatic rings. The van der Waals surface area contributed by atoms with Crippen molar-refractivity contribution in [1.82, 2.24) is 10.6 Å². The third kappa shape index (κ3) is 4.97. The van der Waals surface area contributed by atoms with Gasteiger partial charge in [-0.15, -0.1) is 0 Å². The fraction of sp³-hybridized carbons (Fsp3) is 0.625. The van der Waals surface area contributed by atoms with Crippen LogP contribution < -0.4 is 15.4 Å². The number of piperidine rings is 1. The van der Waals surface area contributed by atoms with Crippen molar-refractivity contribution in [2.75, 3.05) is 19.6 Å². The lowest BCUT2D eigenvalue weighted by atomic mass is 9.98. The highest BCUT2D eigenvalue weighted by Gasteiger charge is 2.12. The molecule has 0 unspecified atom stereocenters. The van der Waals surface area contributed by atoms with Gasteiger partial charge in [0.15, 0.2) is 0 Å². The minimum absolute atomic E-state index is 0.149. The maximum atomic E-state index is 6.24. The topological polar surface area (TPSA) is 33.3 Å². The second-order valence-electron chi connectivity index (χ2n) is 5.76. The van der Waals surface area contributed by atoms with Gasteiger partial charge in [0.2, 0.25) is 0 Å². The van der Waals surface area contributed by atoms with Crippen LogP contribution in [0.2, 0.25) is 5.02 Å². The van der Waals surface area contributed by atoms with Crippen LogP contribution in [-0.4, -0.2) is 25.7 Å². The van der Waals surface area contributed by atoms with E-state index in [1.807, 2.05) is 26.0 Å². The molecule has 3 nitrogen and oxygen atoms in total. The Morgan fingerprint density at radius 3 is 2.75 bits per heavy atom. The summed E-state index contributed by atoms with van der Waals surface area (Å²) in [5.41, 5.74) is 1.21. The van der Waals surface area contributed by atoms with Gasteiger partial charge in [-0.3, -0.25) is 0 Å². The molecule has 4 heteroatoms. The SMILES string of the molecule is CC(C)Oc1ccc(CNCC2CCNCC2)cc1Cl. The van der Waals surface area contributed by atoms with E-state index in [2.05, 4.69) is 16.7 Å². The summed E-state index contributed by atoms with van der Waals surface area (Å²) in [6.07, 6.45) is 2.69. The van der Waals surface area contributed by atoms with Gasteiger partial charge in [0, 0.05) is 6.54 Å². The molecule has 2 rings (SSSR count). The molecular weight excluding hydrogens is 272 g/mol. The van der Waals surface area contributed by atoms with Crippen LogP contribution in [-0.2, 0) is 6.54 Å². The Morgan fingerprint density at radius 2 is 2.10 bits per heavy atom. The molecule has 0 aliphatic carbocycles. The molecule has 0 radical (unpaired) electrons. The first kappa shape index (κ1) is 15.6. The fourth-order valence-corrected chi connectivity index (χ4v) is 2.76. The van der Waals surface area contributed by atoms with Crippen LogP contribution in [0.4, 0.5) is 0 Å². The minimum atomic E-state index is 0.149. The molecular formula is C16H25ClN2O. The van der Waals surface area contributed by atoms with Gasteiger partial charge in [0.25, 0.3) is 0 Å². The molecule has 0 aromatic heterocycles. The number of halogens is 1. The number of rotatable bonds is 6. The number of hydrogen-bond acceptors (Lipinski definition) is 3. The van der Waals surface area contributed by atoms with Crippen LogP contribution in [0.3, 0.4) is 0 Å². The van der Waals surface area contributed by atoms with Gasteiger partial charge >= 0.3 is 0 Å². The minimum Gasteiger partial charge on any atom is -0.489 e. The quantitative estimate of drug-likeness (QED) is 0.846. The van der Waals surface area contributed by atoms with Gasteiger partial charge in [-0.2, -0.15) is 0 Å². The molecule has 0 atom stereocenters. The summed E-state index contributed by atoms with van der Waals surface area (Å²) in [7, 11) is 0.